The lowest BCUT2D eigenvalue weighted by molar-refractivity contribution is 0.395. The maximum atomic E-state index is 9.05. The highest BCUT2D eigenvalue weighted by atomic mass is 32.2. The van der Waals surface area contributed by atoms with Crippen LogP contribution in [0.1, 0.15) is 0 Å². The molecule has 0 heterocycles. The number of hydrogen-bond acceptors (Lipinski definition) is 4. The Balaban J connectivity index is 3.14. The summed E-state index contributed by atoms with van der Waals surface area (Å²) >= 11 is 0.900. The Morgan fingerprint density at radius 2 is 2.00 bits per heavy atom. The van der Waals surface area contributed by atoms with Gasteiger partial charge in [0.1, 0.15) is 0 Å². The van der Waals surface area contributed by atoms with Crippen molar-refractivity contribution in [3.05, 3.63) is 18.2 Å². The van der Waals surface area contributed by atoms with Crippen LogP contribution in [0.15, 0.2) is 23.1 Å². The van der Waals surface area contributed by atoms with Crippen LogP contribution in [-0.4, -0.2) is 10.2 Å². The minimum absolute atomic E-state index is 0.143. The van der Waals surface area contributed by atoms with Crippen molar-refractivity contribution < 1.29 is 10.2 Å². The van der Waals surface area contributed by atoms with Gasteiger partial charge < -0.3 is 10.2 Å². The van der Waals surface area contributed by atoms with Gasteiger partial charge >= 0.3 is 0 Å². The van der Waals surface area contributed by atoms with Gasteiger partial charge in [-0.25, -0.2) is 0 Å². The molecule has 1 rings (SSSR count). The van der Waals surface area contributed by atoms with Gasteiger partial charge in [0, 0.05) is 0 Å². The van der Waals surface area contributed by atoms with Crippen molar-refractivity contribution >= 4 is 11.9 Å². The summed E-state index contributed by atoms with van der Waals surface area (Å²) in [5, 5.41) is 23.1. The summed E-state index contributed by atoms with van der Waals surface area (Å²) in [7, 11) is 0. The molecule has 0 aliphatic carbocycles. The summed E-state index contributed by atoms with van der Waals surface area (Å²) in [4.78, 5) is 0.472. The normalized spacial score (nSPS) is 9.70. The van der Waals surface area contributed by atoms with E-state index in [4.69, 9.17) is 15.4 Å². The monoisotopic (exact) mass is 157 g/mol. The molecule has 0 aliphatic rings. The first-order valence-corrected chi connectivity index (χ1v) is 3.51. The number of rotatable bonds is 1. The second-order valence-electron chi connectivity index (χ2n) is 1.74. The summed E-state index contributed by atoms with van der Waals surface area (Å²) in [5.41, 5.74) is 0. The molecule has 0 aliphatic heterocycles. The maximum absolute atomic E-state index is 9.05. The van der Waals surface area contributed by atoms with Gasteiger partial charge in [0.2, 0.25) is 0 Å². The van der Waals surface area contributed by atoms with E-state index in [9.17, 15) is 0 Å². The van der Waals surface area contributed by atoms with E-state index in [1.807, 2.05) is 0 Å². The van der Waals surface area contributed by atoms with Gasteiger partial charge in [-0.2, -0.15) is 0 Å². The first-order valence-electron chi connectivity index (χ1n) is 2.63. The lowest BCUT2D eigenvalue weighted by Gasteiger charge is -2.00. The molecule has 54 valence electrons. The van der Waals surface area contributed by atoms with Crippen LogP contribution in [0, 0.1) is 0 Å². The van der Waals surface area contributed by atoms with Crippen molar-refractivity contribution in [2.24, 2.45) is 5.14 Å². The Labute approximate surface area is 62.6 Å². The molecule has 0 amide bonds. The highest BCUT2D eigenvalue weighted by Crippen LogP contribution is 2.32. The van der Waals surface area contributed by atoms with Crippen molar-refractivity contribution in [2.45, 2.75) is 4.90 Å². The second-order valence-corrected chi connectivity index (χ2v) is 2.42. The minimum atomic E-state index is -0.157. The first kappa shape index (κ1) is 7.24. The van der Waals surface area contributed by atoms with E-state index in [2.05, 4.69) is 0 Å². The molecule has 0 spiro atoms. The zero-order valence-corrected chi connectivity index (χ0v) is 5.93. The fourth-order valence-electron chi connectivity index (χ4n) is 0.606. The van der Waals surface area contributed by atoms with Gasteiger partial charge in [-0.15, -0.1) is 0 Å². The predicted molar refractivity (Wildman–Crippen MR) is 39.8 cm³/mol. The van der Waals surface area contributed by atoms with Gasteiger partial charge in [0.15, 0.2) is 11.5 Å². The molecule has 0 saturated heterocycles. The standard InChI is InChI=1S/C6H7NO2S/c7-10-5-3-1-2-4(8)6(5)9/h1-3,8-9H,7H2. The third kappa shape index (κ3) is 1.17. The smallest absolute Gasteiger partial charge is 0.172 e. The largest absolute Gasteiger partial charge is 0.504 e. The van der Waals surface area contributed by atoms with Crippen LogP contribution in [0.2, 0.25) is 0 Å². The third-order valence-electron chi connectivity index (χ3n) is 1.10. The SMILES string of the molecule is NSc1cccc(O)c1O. The van der Waals surface area contributed by atoms with Crippen molar-refractivity contribution in [1.82, 2.24) is 0 Å². The Hall–Kier alpha value is -0.870. The zero-order chi connectivity index (χ0) is 7.56. The van der Waals surface area contributed by atoms with Crippen molar-refractivity contribution in [1.29, 1.82) is 0 Å². The van der Waals surface area contributed by atoms with Gasteiger partial charge in [-0.05, 0) is 24.1 Å². The lowest BCUT2D eigenvalue weighted by atomic mass is 10.3. The first-order chi connectivity index (χ1) is 4.75. The zero-order valence-electron chi connectivity index (χ0n) is 5.11. The molecule has 1 aromatic carbocycles. The number of nitrogens with two attached hydrogens (primary N) is 1. The average Bonchev–Trinajstić information content (AvgIpc) is 1.95. The summed E-state index contributed by atoms with van der Waals surface area (Å²) in [6.07, 6.45) is 0. The Bertz CT molecular complexity index is 239. The highest BCUT2D eigenvalue weighted by Gasteiger charge is 2.02. The molecule has 0 fully saturated rings. The van der Waals surface area contributed by atoms with E-state index >= 15 is 0 Å². The molecule has 0 atom stereocenters. The van der Waals surface area contributed by atoms with E-state index in [1.165, 1.54) is 6.07 Å². The average molecular weight is 157 g/mol. The van der Waals surface area contributed by atoms with Crippen LogP contribution in [0.5, 0.6) is 11.5 Å². The Morgan fingerprint density at radius 1 is 1.30 bits per heavy atom. The number of hydrogen-bond donors (Lipinski definition) is 3. The summed E-state index contributed by atoms with van der Waals surface area (Å²) in [6, 6.07) is 4.64. The fourth-order valence-corrected chi connectivity index (χ4v) is 0.979. The molecule has 0 aromatic heterocycles. The molecule has 3 nitrogen and oxygen atoms in total. The van der Waals surface area contributed by atoms with Gasteiger partial charge in [0.05, 0.1) is 4.90 Å². The molecule has 0 unspecified atom stereocenters. The van der Waals surface area contributed by atoms with Crippen molar-refractivity contribution in [3.63, 3.8) is 0 Å². The van der Waals surface area contributed by atoms with Crippen LogP contribution in [0.4, 0.5) is 0 Å². The number of phenols is 2. The molecule has 0 radical (unpaired) electrons. The summed E-state index contributed by atoms with van der Waals surface area (Å²) in [6.45, 7) is 0. The Morgan fingerprint density at radius 3 is 2.50 bits per heavy atom. The van der Waals surface area contributed by atoms with Crippen molar-refractivity contribution in [2.75, 3.05) is 0 Å². The van der Waals surface area contributed by atoms with E-state index < -0.39 is 0 Å². The summed E-state index contributed by atoms with van der Waals surface area (Å²) < 4.78 is 0. The van der Waals surface area contributed by atoms with E-state index in [-0.39, 0.29) is 11.5 Å². The Kier molecular flexibility index (Phi) is 2.03. The van der Waals surface area contributed by atoms with Crippen LogP contribution in [0.3, 0.4) is 0 Å². The predicted octanol–water partition coefficient (Wildman–Crippen LogP) is 1.06. The maximum Gasteiger partial charge on any atom is 0.172 e. The molecular weight excluding hydrogens is 150 g/mol. The van der Waals surface area contributed by atoms with Gasteiger partial charge in [0.25, 0.3) is 0 Å². The third-order valence-corrected chi connectivity index (χ3v) is 1.69. The van der Waals surface area contributed by atoms with Crippen LogP contribution >= 0.6 is 11.9 Å². The molecule has 4 heteroatoms. The molecule has 0 saturated carbocycles. The number of benzene rings is 1. The summed E-state index contributed by atoms with van der Waals surface area (Å²) in [5.74, 6) is -0.301. The van der Waals surface area contributed by atoms with Crippen LogP contribution in [-0.2, 0) is 0 Å². The molecule has 1 aromatic rings. The van der Waals surface area contributed by atoms with Gasteiger partial charge in [-0.3, -0.25) is 5.14 Å². The number of para-hydroxylation sites is 1. The van der Waals surface area contributed by atoms with E-state index in [0.29, 0.717) is 4.90 Å². The van der Waals surface area contributed by atoms with E-state index in [1.54, 1.807) is 12.1 Å². The molecular formula is C6H7NO2S. The minimum Gasteiger partial charge on any atom is -0.504 e. The quantitative estimate of drug-likeness (QED) is 0.421. The second kappa shape index (κ2) is 2.81. The van der Waals surface area contributed by atoms with Crippen LogP contribution < -0.4 is 5.14 Å². The molecule has 4 N–H and O–H groups in total. The highest BCUT2D eigenvalue weighted by molar-refractivity contribution is 7.97. The lowest BCUT2D eigenvalue weighted by Crippen LogP contribution is -1.79. The fraction of sp³-hybridized carbons (Fsp3) is 0. The number of aromatic hydroxyl groups is 2. The van der Waals surface area contributed by atoms with Gasteiger partial charge in [-0.1, -0.05) is 6.07 Å². The number of phenolic OH excluding ortho intramolecular Hbond substituents is 2. The van der Waals surface area contributed by atoms with Crippen molar-refractivity contribution in [3.8, 4) is 11.5 Å². The van der Waals surface area contributed by atoms with E-state index in [0.717, 1.165) is 11.9 Å². The van der Waals surface area contributed by atoms with Crippen LogP contribution in [0.25, 0.3) is 0 Å². The topological polar surface area (TPSA) is 66.5 Å². The molecule has 10 heavy (non-hydrogen) atoms. The molecule has 0 bridgehead atoms.